The van der Waals surface area contributed by atoms with Crippen LogP contribution in [-0.2, 0) is 0 Å². The maximum atomic E-state index is 9.47. The minimum absolute atomic E-state index is 0.00584. The van der Waals surface area contributed by atoms with Gasteiger partial charge in [0, 0.05) is 11.5 Å². The van der Waals surface area contributed by atoms with Crippen LogP contribution in [0.4, 0.5) is 0 Å². The lowest BCUT2D eigenvalue weighted by atomic mass is 10.1. The van der Waals surface area contributed by atoms with Crippen molar-refractivity contribution in [3.05, 3.63) is 65.9 Å². The Morgan fingerprint density at radius 1 is 1.08 bits per heavy atom. The van der Waals surface area contributed by atoms with E-state index in [0.29, 0.717) is 0 Å². The minimum atomic E-state index is -0.00584. The average Bonchev–Trinajstić information content (AvgIpc) is 3.07. The molecule has 3 rings (SSSR count). The maximum absolute atomic E-state index is 9.47. The van der Waals surface area contributed by atoms with Crippen LogP contribution in [0.2, 0.25) is 0 Å². The highest BCUT2D eigenvalue weighted by molar-refractivity contribution is 5.63. The standard InChI is InChI=1S/C20H22N2O2/c1-14-4-6-16(7-5-14)20-12-19(15(2)13-23)21-22(20)17-8-10-18(24-3)11-9-17/h4-12,15,23H,13H2,1-3H3. The molecule has 0 fully saturated rings. The van der Waals surface area contributed by atoms with Crippen molar-refractivity contribution in [2.24, 2.45) is 0 Å². The quantitative estimate of drug-likeness (QED) is 0.773. The number of nitrogens with zero attached hydrogens (tertiary/aromatic N) is 2. The molecule has 1 N–H and O–H groups in total. The topological polar surface area (TPSA) is 47.3 Å². The Bertz CT molecular complexity index is 805. The molecule has 2 aromatic carbocycles. The molecule has 0 radical (unpaired) electrons. The summed E-state index contributed by atoms with van der Waals surface area (Å²) in [5.41, 5.74) is 5.17. The van der Waals surface area contributed by atoms with Crippen molar-refractivity contribution >= 4 is 0 Å². The summed E-state index contributed by atoms with van der Waals surface area (Å²) in [5, 5.41) is 14.2. The van der Waals surface area contributed by atoms with Gasteiger partial charge in [0.15, 0.2) is 0 Å². The third-order valence-electron chi connectivity index (χ3n) is 4.17. The van der Waals surface area contributed by atoms with E-state index in [4.69, 9.17) is 9.84 Å². The third kappa shape index (κ3) is 3.19. The molecule has 1 unspecified atom stereocenters. The minimum Gasteiger partial charge on any atom is -0.497 e. The first kappa shape index (κ1) is 16.3. The summed E-state index contributed by atoms with van der Waals surface area (Å²) in [7, 11) is 1.65. The van der Waals surface area contributed by atoms with E-state index >= 15 is 0 Å². The van der Waals surface area contributed by atoms with Gasteiger partial charge in [-0.25, -0.2) is 4.68 Å². The van der Waals surface area contributed by atoms with Gasteiger partial charge in [-0.3, -0.25) is 0 Å². The summed E-state index contributed by atoms with van der Waals surface area (Å²) in [5.74, 6) is 0.806. The maximum Gasteiger partial charge on any atom is 0.119 e. The Kier molecular flexibility index (Phi) is 4.67. The van der Waals surface area contributed by atoms with Gasteiger partial charge in [-0.15, -0.1) is 0 Å². The Balaban J connectivity index is 2.11. The van der Waals surface area contributed by atoms with Crippen molar-refractivity contribution in [1.82, 2.24) is 9.78 Å². The van der Waals surface area contributed by atoms with E-state index < -0.39 is 0 Å². The Hall–Kier alpha value is -2.59. The molecule has 1 aromatic heterocycles. The second-order valence-electron chi connectivity index (χ2n) is 6.01. The fourth-order valence-electron chi connectivity index (χ4n) is 2.58. The monoisotopic (exact) mass is 322 g/mol. The molecular weight excluding hydrogens is 300 g/mol. The van der Waals surface area contributed by atoms with Gasteiger partial charge in [-0.2, -0.15) is 5.10 Å². The van der Waals surface area contributed by atoms with E-state index in [0.717, 1.165) is 28.4 Å². The van der Waals surface area contributed by atoms with E-state index in [1.807, 2.05) is 35.9 Å². The van der Waals surface area contributed by atoms with Gasteiger partial charge in [-0.1, -0.05) is 36.8 Å². The first-order chi connectivity index (χ1) is 11.6. The van der Waals surface area contributed by atoms with Crippen LogP contribution in [0.25, 0.3) is 16.9 Å². The molecule has 0 aliphatic carbocycles. The predicted octanol–water partition coefficient (Wildman–Crippen LogP) is 3.95. The molecule has 1 atom stereocenters. The summed E-state index contributed by atoms with van der Waals surface area (Å²) in [4.78, 5) is 0. The van der Waals surface area contributed by atoms with E-state index in [2.05, 4.69) is 37.3 Å². The molecule has 3 aromatic rings. The normalized spacial score (nSPS) is 12.2. The van der Waals surface area contributed by atoms with Gasteiger partial charge >= 0.3 is 0 Å². The van der Waals surface area contributed by atoms with Crippen LogP contribution < -0.4 is 4.74 Å². The Morgan fingerprint density at radius 3 is 2.33 bits per heavy atom. The molecule has 0 amide bonds. The lowest BCUT2D eigenvalue weighted by molar-refractivity contribution is 0.270. The second kappa shape index (κ2) is 6.89. The van der Waals surface area contributed by atoms with Gasteiger partial charge < -0.3 is 9.84 Å². The summed E-state index contributed by atoms with van der Waals surface area (Å²) >= 11 is 0. The molecule has 0 spiro atoms. The molecule has 4 heteroatoms. The average molecular weight is 322 g/mol. The molecule has 124 valence electrons. The van der Waals surface area contributed by atoms with Gasteiger partial charge in [0.1, 0.15) is 5.75 Å². The third-order valence-corrected chi connectivity index (χ3v) is 4.17. The van der Waals surface area contributed by atoms with E-state index in [1.165, 1.54) is 5.56 Å². The zero-order chi connectivity index (χ0) is 17.1. The number of hydrogen-bond donors (Lipinski definition) is 1. The highest BCUT2D eigenvalue weighted by Gasteiger charge is 2.15. The molecule has 4 nitrogen and oxygen atoms in total. The van der Waals surface area contributed by atoms with Crippen LogP contribution in [0.5, 0.6) is 5.75 Å². The molecule has 0 bridgehead atoms. The zero-order valence-corrected chi connectivity index (χ0v) is 14.2. The van der Waals surface area contributed by atoms with E-state index in [1.54, 1.807) is 7.11 Å². The number of ether oxygens (including phenoxy) is 1. The fraction of sp³-hybridized carbons (Fsp3) is 0.250. The van der Waals surface area contributed by atoms with Crippen LogP contribution in [0.3, 0.4) is 0 Å². The molecule has 0 saturated carbocycles. The van der Waals surface area contributed by atoms with Crippen molar-refractivity contribution in [3.63, 3.8) is 0 Å². The van der Waals surface area contributed by atoms with Crippen molar-refractivity contribution in [2.75, 3.05) is 13.7 Å². The number of aryl methyl sites for hydroxylation is 1. The molecule has 0 saturated heterocycles. The highest BCUT2D eigenvalue weighted by atomic mass is 16.5. The van der Waals surface area contributed by atoms with Crippen LogP contribution in [0.15, 0.2) is 54.6 Å². The number of aromatic nitrogens is 2. The van der Waals surface area contributed by atoms with E-state index in [9.17, 15) is 5.11 Å². The summed E-state index contributed by atoms with van der Waals surface area (Å²) in [6.07, 6.45) is 0. The first-order valence-corrected chi connectivity index (χ1v) is 8.04. The van der Waals surface area contributed by atoms with Gasteiger partial charge in [0.2, 0.25) is 0 Å². The van der Waals surface area contributed by atoms with Crippen molar-refractivity contribution < 1.29 is 9.84 Å². The number of aliphatic hydroxyl groups is 1. The molecule has 24 heavy (non-hydrogen) atoms. The number of aliphatic hydroxyl groups excluding tert-OH is 1. The van der Waals surface area contributed by atoms with Crippen LogP contribution in [-0.4, -0.2) is 28.6 Å². The van der Waals surface area contributed by atoms with Crippen LogP contribution in [0, 0.1) is 6.92 Å². The van der Waals surface area contributed by atoms with Gasteiger partial charge in [0.05, 0.1) is 30.8 Å². The van der Waals surface area contributed by atoms with Crippen molar-refractivity contribution in [1.29, 1.82) is 0 Å². The van der Waals surface area contributed by atoms with Crippen LogP contribution >= 0.6 is 0 Å². The fourth-order valence-corrected chi connectivity index (χ4v) is 2.58. The number of methoxy groups -OCH3 is 1. The molecule has 1 heterocycles. The summed E-state index contributed by atoms with van der Waals surface area (Å²) in [6, 6.07) is 18.2. The zero-order valence-electron chi connectivity index (χ0n) is 14.2. The van der Waals surface area contributed by atoms with Crippen molar-refractivity contribution in [3.8, 4) is 22.7 Å². The molecule has 0 aliphatic heterocycles. The second-order valence-corrected chi connectivity index (χ2v) is 6.01. The smallest absolute Gasteiger partial charge is 0.119 e. The lowest BCUT2D eigenvalue weighted by Crippen LogP contribution is -2.03. The molecule has 0 aliphatic rings. The van der Waals surface area contributed by atoms with Gasteiger partial charge in [-0.05, 0) is 37.3 Å². The molecular formula is C20H22N2O2. The predicted molar refractivity (Wildman–Crippen MR) is 95.8 cm³/mol. The first-order valence-electron chi connectivity index (χ1n) is 8.04. The van der Waals surface area contributed by atoms with Crippen molar-refractivity contribution in [2.45, 2.75) is 19.8 Å². The highest BCUT2D eigenvalue weighted by Crippen LogP contribution is 2.28. The van der Waals surface area contributed by atoms with Crippen LogP contribution in [0.1, 0.15) is 24.1 Å². The number of rotatable bonds is 5. The summed E-state index contributed by atoms with van der Waals surface area (Å²) < 4.78 is 7.15. The number of benzene rings is 2. The lowest BCUT2D eigenvalue weighted by Gasteiger charge is -2.09. The van der Waals surface area contributed by atoms with E-state index in [-0.39, 0.29) is 12.5 Å². The summed E-state index contributed by atoms with van der Waals surface area (Å²) in [6.45, 7) is 4.12. The largest absolute Gasteiger partial charge is 0.497 e. The number of hydrogen-bond acceptors (Lipinski definition) is 3. The Morgan fingerprint density at radius 2 is 1.75 bits per heavy atom. The SMILES string of the molecule is COc1ccc(-n2nc(C(C)CO)cc2-c2ccc(C)cc2)cc1. The Labute approximate surface area is 142 Å². The van der Waals surface area contributed by atoms with Gasteiger partial charge in [0.25, 0.3) is 0 Å².